The molecule has 2 aromatic carbocycles. The molecular formula is C26H27N4O2+. The average molecular weight is 428 g/mol. The zero-order valence-corrected chi connectivity index (χ0v) is 18.9. The van der Waals surface area contributed by atoms with Gasteiger partial charge in [0.15, 0.2) is 12.8 Å². The van der Waals surface area contributed by atoms with Crippen LogP contribution in [0, 0.1) is 5.92 Å². The summed E-state index contributed by atoms with van der Waals surface area (Å²) in [6.45, 7) is 7.49. The third-order valence-electron chi connectivity index (χ3n) is 7.11. The van der Waals surface area contributed by atoms with E-state index in [1.807, 2.05) is 25.4 Å². The maximum atomic E-state index is 13.1. The molecule has 2 aromatic heterocycles. The van der Waals surface area contributed by atoms with E-state index in [-0.39, 0.29) is 11.7 Å². The number of Topliss-reactive ketones (excluding diaryl/α,β-unsaturated/α-hetero) is 1. The summed E-state index contributed by atoms with van der Waals surface area (Å²) in [4.78, 5) is 25.3. The Hall–Kier alpha value is -3.41. The molecule has 1 amide bonds. The molecule has 162 valence electrons. The van der Waals surface area contributed by atoms with Crippen molar-refractivity contribution in [2.24, 2.45) is 13.0 Å². The van der Waals surface area contributed by atoms with Crippen LogP contribution in [0.1, 0.15) is 58.3 Å². The van der Waals surface area contributed by atoms with E-state index in [1.54, 1.807) is 6.92 Å². The maximum Gasteiger partial charge on any atom is 0.252 e. The third-order valence-corrected chi connectivity index (χ3v) is 7.11. The molecule has 1 aliphatic carbocycles. The van der Waals surface area contributed by atoms with Crippen LogP contribution in [0.4, 0.5) is 0 Å². The van der Waals surface area contributed by atoms with Crippen LogP contribution in [-0.4, -0.2) is 21.4 Å². The van der Waals surface area contributed by atoms with Gasteiger partial charge in [0, 0.05) is 46.9 Å². The first kappa shape index (κ1) is 19.3. The maximum absolute atomic E-state index is 13.1. The van der Waals surface area contributed by atoms with E-state index in [0.717, 1.165) is 57.9 Å². The van der Waals surface area contributed by atoms with Crippen LogP contribution < -0.4 is 10.00 Å². The number of hydrogen-bond donors (Lipinski definition) is 2. The molecule has 6 heteroatoms. The first-order valence-corrected chi connectivity index (χ1v) is 11.4. The van der Waals surface area contributed by atoms with Gasteiger partial charge in [0.05, 0.1) is 22.8 Å². The number of benzene rings is 2. The highest BCUT2D eigenvalue weighted by Gasteiger charge is 2.37. The number of aromatic amines is 1. The molecule has 0 unspecified atom stereocenters. The van der Waals surface area contributed by atoms with Crippen LogP contribution in [0.25, 0.3) is 32.9 Å². The van der Waals surface area contributed by atoms with E-state index in [2.05, 4.69) is 39.6 Å². The minimum atomic E-state index is 0.00216. The number of aromatic nitrogens is 3. The number of carbonyl (C=O) groups is 2. The predicted molar refractivity (Wildman–Crippen MR) is 124 cm³/mol. The summed E-state index contributed by atoms with van der Waals surface area (Å²) < 4.78 is 4.49. The van der Waals surface area contributed by atoms with Gasteiger partial charge in [0.2, 0.25) is 5.69 Å². The normalized spacial score (nSPS) is 14.7. The lowest BCUT2D eigenvalue weighted by Gasteiger charge is -2.21. The van der Waals surface area contributed by atoms with Crippen LogP contribution in [-0.2, 0) is 33.0 Å². The van der Waals surface area contributed by atoms with Gasteiger partial charge in [-0.3, -0.25) is 9.59 Å². The van der Waals surface area contributed by atoms with Crippen LogP contribution in [0.5, 0.6) is 0 Å². The van der Waals surface area contributed by atoms with Gasteiger partial charge in [-0.05, 0) is 48.6 Å². The minimum Gasteiger partial charge on any atom is -0.348 e. The molecule has 6 rings (SSSR count). The van der Waals surface area contributed by atoms with Crippen molar-refractivity contribution in [1.82, 2.24) is 15.0 Å². The fourth-order valence-electron chi connectivity index (χ4n) is 5.78. The Bertz CT molecular complexity index is 1490. The Morgan fingerprint density at radius 1 is 1.19 bits per heavy atom. The molecule has 2 aliphatic rings. The molecule has 0 atom stereocenters. The standard InChI is InChI=1S/C26H26N4O2/c1-13(2)12-30-21-7-5-15(14(3)31)9-17(21)23-19-10-27-26(32)24(19)22-16(25(23)30)6-8-20-18(22)11-28-29(20)4/h5,7,9,11,13H,6,8,10,12H2,1-4H3,(H,27,32)/p+1. The van der Waals surface area contributed by atoms with Crippen molar-refractivity contribution < 1.29 is 14.3 Å². The summed E-state index contributed by atoms with van der Waals surface area (Å²) in [5.41, 5.74) is 9.67. The number of hydrogen-bond acceptors (Lipinski definition) is 2. The van der Waals surface area contributed by atoms with Gasteiger partial charge in [0.25, 0.3) is 5.91 Å². The summed E-state index contributed by atoms with van der Waals surface area (Å²) in [5, 5.41) is 8.61. The molecule has 0 bridgehead atoms. The molecule has 4 aromatic rings. The topological polar surface area (TPSA) is 70.8 Å². The molecule has 1 aliphatic heterocycles. The van der Waals surface area contributed by atoms with Crippen molar-refractivity contribution in [2.75, 3.05) is 0 Å². The van der Waals surface area contributed by atoms with E-state index in [0.29, 0.717) is 18.0 Å². The van der Waals surface area contributed by atoms with Gasteiger partial charge < -0.3 is 9.88 Å². The minimum absolute atomic E-state index is 0.00216. The van der Waals surface area contributed by atoms with E-state index >= 15 is 0 Å². The first-order valence-electron chi connectivity index (χ1n) is 11.4. The van der Waals surface area contributed by atoms with Gasteiger partial charge in [-0.25, -0.2) is 0 Å². The van der Waals surface area contributed by atoms with Crippen LogP contribution in [0.3, 0.4) is 0 Å². The van der Waals surface area contributed by atoms with Gasteiger partial charge in [-0.2, -0.15) is 5.10 Å². The van der Waals surface area contributed by atoms with E-state index < -0.39 is 0 Å². The fourth-order valence-corrected chi connectivity index (χ4v) is 5.78. The lowest BCUT2D eigenvalue weighted by Crippen LogP contribution is -2.35. The lowest BCUT2D eigenvalue weighted by molar-refractivity contribution is -0.733. The molecule has 3 heterocycles. The highest BCUT2D eigenvalue weighted by atomic mass is 16.2. The van der Waals surface area contributed by atoms with Gasteiger partial charge in [-0.15, -0.1) is 4.68 Å². The number of aryl methyl sites for hydroxylation is 2. The quantitative estimate of drug-likeness (QED) is 0.386. The van der Waals surface area contributed by atoms with Crippen LogP contribution in [0.2, 0.25) is 0 Å². The van der Waals surface area contributed by atoms with Crippen molar-refractivity contribution in [3.8, 4) is 11.1 Å². The molecule has 0 fully saturated rings. The van der Waals surface area contributed by atoms with Crippen LogP contribution >= 0.6 is 0 Å². The molecule has 2 N–H and O–H groups in total. The zero-order chi connectivity index (χ0) is 22.3. The third kappa shape index (κ3) is 2.43. The smallest absolute Gasteiger partial charge is 0.252 e. The van der Waals surface area contributed by atoms with E-state index in [9.17, 15) is 9.59 Å². The average Bonchev–Trinajstić information content (AvgIpc) is 3.42. The first-order chi connectivity index (χ1) is 15.4. The second-order valence-corrected chi connectivity index (χ2v) is 9.60. The second-order valence-electron chi connectivity index (χ2n) is 9.60. The monoisotopic (exact) mass is 427 g/mol. The lowest BCUT2D eigenvalue weighted by atomic mass is 9.82. The molecule has 6 nitrogen and oxygen atoms in total. The molecule has 0 spiro atoms. The molecule has 0 saturated carbocycles. The SMILES string of the molecule is CC(=O)c1ccc2c(c1)c1c3c(c4c(c1n2CC(C)C)CCc1c-4c[nH][n+]1C)C(=O)NC3. The fraction of sp³-hybridized carbons (Fsp3) is 0.346. The summed E-state index contributed by atoms with van der Waals surface area (Å²) in [5.74, 6) is 0.529. The Balaban J connectivity index is 1.84. The Morgan fingerprint density at radius 2 is 2.00 bits per heavy atom. The van der Waals surface area contributed by atoms with E-state index in [4.69, 9.17) is 0 Å². The number of carbonyl (C=O) groups excluding carboxylic acids is 2. The highest BCUT2D eigenvalue weighted by Crippen LogP contribution is 2.46. The van der Waals surface area contributed by atoms with Crippen LogP contribution in [0.15, 0.2) is 24.4 Å². The Kier molecular flexibility index (Phi) is 3.95. The van der Waals surface area contributed by atoms with Crippen molar-refractivity contribution >= 4 is 33.5 Å². The number of ketones is 1. The number of fused-ring (bicyclic) bond motifs is 10. The number of amides is 1. The number of H-pyrrole nitrogens is 1. The number of rotatable bonds is 3. The van der Waals surface area contributed by atoms with Gasteiger partial charge >= 0.3 is 0 Å². The van der Waals surface area contributed by atoms with E-state index in [1.165, 1.54) is 16.8 Å². The van der Waals surface area contributed by atoms with Crippen molar-refractivity contribution in [1.29, 1.82) is 0 Å². The molecular weight excluding hydrogens is 400 g/mol. The Labute approximate surface area is 186 Å². The Morgan fingerprint density at radius 3 is 2.75 bits per heavy atom. The van der Waals surface area contributed by atoms with Crippen molar-refractivity contribution in [2.45, 2.75) is 46.7 Å². The zero-order valence-electron chi connectivity index (χ0n) is 18.9. The van der Waals surface area contributed by atoms with Crippen molar-refractivity contribution in [3.05, 3.63) is 52.3 Å². The van der Waals surface area contributed by atoms with Crippen molar-refractivity contribution in [3.63, 3.8) is 0 Å². The van der Waals surface area contributed by atoms with Gasteiger partial charge in [-0.1, -0.05) is 13.8 Å². The predicted octanol–water partition coefficient (Wildman–Crippen LogP) is 3.81. The summed E-state index contributed by atoms with van der Waals surface area (Å²) in [7, 11) is 2.03. The molecule has 32 heavy (non-hydrogen) atoms. The molecule has 0 radical (unpaired) electrons. The second kappa shape index (κ2) is 6.55. The summed E-state index contributed by atoms with van der Waals surface area (Å²) in [6.07, 6.45) is 3.85. The largest absolute Gasteiger partial charge is 0.348 e. The molecule has 0 saturated heterocycles. The highest BCUT2D eigenvalue weighted by molar-refractivity contribution is 6.20. The van der Waals surface area contributed by atoms with Gasteiger partial charge in [0.1, 0.15) is 0 Å². The summed E-state index contributed by atoms with van der Waals surface area (Å²) in [6, 6.07) is 6.04. The number of nitrogens with zero attached hydrogens (tertiary/aromatic N) is 2. The number of nitrogens with one attached hydrogen (secondary N) is 2. The summed E-state index contributed by atoms with van der Waals surface area (Å²) >= 11 is 0.